The van der Waals surface area contributed by atoms with E-state index >= 15 is 0 Å². The molecule has 3 rings (SSSR count). The van der Waals surface area contributed by atoms with Crippen LogP contribution in [0.1, 0.15) is 63.2 Å². The Morgan fingerprint density at radius 1 is 1.20 bits per heavy atom. The molecule has 0 aromatic carbocycles. The number of carbonyl (C=O) groups is 2. The summed E-state index contributed by atoms with van der Waals surface area (Å²) in [6.07, 6.45) is 3.92. The van der Waals surface area contributed by atoms with Gasteiger partial charge in [-0.25, -0.2) is 14.2 Å². The van der Waals surface area contributed by atoms with E-state index in [0.29, 0.717) is 31.5 Å². The fraction of sp³-hybridized carbons (Fsp3) is 0.667. The van der Waals surface area contributed by atoms with Crippen molar-refractivity contribution >= 4 is 29.6 Å². The molecule has 2 heterocycles. The van der Waals surface area contributed by atoms with Gasteiger partial charge >= 0.3 is 6.09 Å². The molecular formula is C21H31FN4O3S. The third-order valence-corrected chi connectivity index (χ3v) is 6.86. The minimum atomic E-state index is -0.915. The Morgan fingerprint density at radius 3 is 2.47 bits per heavy atom. The van der Waals surface area contributed by atoms with Crippen LogP contribution in [0.5, 0.6) is 0 Å². The van der Waals surface area contributed by atoms with E-state index in [9.17, 15) is 19.1 Å². The Balaban J connectivity index is 1.62. The molecule has 1 atom stereocenters. The molecule has 1 unspecified atom stereocenters. The first-order valence-corrected chi connectivity index (χ1v) is 11.6. The zero-order valence-corrected chi connectivity index (χ0v) is 18.6. The van der Waals surface area contributed by atoms with Gasteiger partial charge in [0.05, 0.1) is 11.8 Å². The topological polar surface area (TPSA) is 94.6 Å². The molecule has 2 amide bonds. The number of pyridine rings is 1. The number of carbonyl (C=O) groups excluding carboxylic acids is 1. The van der Waals surface area contributed by atoms with Gasteiger partial charge in [-0.2, -0.15) is 11.8 Å². The van der Waals surface area contributed by atoms with E-state index in [1.54, 1.807) is 0 Å². The number of hydrogen-bond donors (Lipinski definition) is 3. The highest BCUT2D eigenvalue weighted by atomic mass is 32.2. The Kier molecular flexibility index (Phi) is 7.10. The summed E-state index contributed by atoms with van der Waals surface area (Å²) in [5.74, 6) is 1.53. The maximum atomic E-state index is 13.8. The number of nitrogens with zero attached hydrogens (tertiary/aromatic N) is 2. The SMILES string of the molecule is CC(C)(C)N(C(=O)O)C1CCC(NC(=O)c2cc(F)cnc2NC2CCSC2)CC1. The zero-order chi connectivity index (χ0) is 21.9. The summed E-state index contributed by atoms with van der Waals surface area (Å²) in [7, 11) is 0. The second-order valence-electron chi connectivity index (χ2n) is 9.06. The number of aromatic nitrogens is 1. The van der Waals surface area contributed by atoms with E-state index in [1.165, 1.54) is 11.0 Å². The van der Waals surface area contributed by atoms with E-state index in [-0.39, 0.29) is 29.6 Å². The van der Waals surface area contributed by atoms with Crippen LogP contribution < -0.4 is 10.6 Å². The number of thioether (sulfide) groups is 1. The monoisotopic (exact) mass is 438 g/mol. The fourth-order valence-electron chi connectivity index (χ4n) is 4.30. The Hall–Kier alpha value is -2.03. The standard InChI is InChI=1S/C21H31FN4O3S/c1-21(2,3)26(20(28)29)16-6-4-14(5-7-16)25-19(27)17-10-13(22)11-23-18(17)24-15-8-9-30-12-15/h10-11,14-16H,4-9,12H2,1-3H3,(H,23,24)(H,25,27)(H,28,29). The Morgan fingerprint density at radius 2 is 1.90 bits per heavy atom. The van der Waals surface area contributed by atoms with Crippen molar-refractivity contribution in [2.75, 3.05) is 16.8 Å². The summed E-state index contributed by atoms with van der Waals surface area (Å²) < 4.78 is 13.8. The normalized spacial score (nSPS) is 24.3. The highest BCUT2D eigenvalue weighted by molar-refractivity contribution is 7.99. The number of rotatable bonds is 5. The van der Waals surface area contributed by atoms with Crippen LogP contribution in [0.2, 0.25) is 0 Å². The van der Waals surface area contributed by atoms with E-state index in [1.807, 2.05) is 32.5 Å². The summed E-state index contributed by atoms with van der Waals surface area (Å²) in [5.41, 5.74) is -0.255. The lowest BCUT2D eigenvalue weighted by molar-refractivity contribution is 0.0520. The zero-order valence-electron chi connectivity index (χ0n) is 17.8. The van der Waals surface area contributed by atoms with Crippen molar-refractivity contribution in [3.8, 4) is 0 Å². The molecule has 166 valence electrons. The third kappa shape index (κ3) is 5.56. The van der Waals surface area contributed by atoms with Crippen molar-refractivity contribution in [2.45, 2.75) is 76.5 Å². The first-order chi connectivity index (χ1) is 14.1. The molecule has 1 aliphatic carbocycles. The molecule has 1 saturated carbocycles. The van der Waals surface area contributed by atoms with Crippen LogP contribution in [0, 0.1) is 5.82 Å². The van der Waals surface area contributed by atoms with Gasteiger partial charge in [-0.1, -0.05) is 0 Å². The lowest BCUT2D eigenvalue weighted by Crippen LogP contribution is -2.53. The molecule has 7 nitrogen and oxygen atoms in total. The molecule has 1 saturated heterocycles. The first kappa shape index (κ1) is 22.7. The van der Waals surface area contributed by atoms with E-state index in [0.717, 1.165) is 24.1 Å². The van der Waals surface area contributed by atoms with Crippen molar-refractivity contribution in [2.24, 2.45) is 0 Å². The molecular weight excluding hydrogens is 407 g/mol. The first-order valence-electron chi connectivity index (χ1n) is 10.5. The maximum absolute atomic E-state index is 13.8. The summed E-state index contributed by atoms with van der Waals surface area (Å²) in [6, 6.07) is 1.32. The number of amides is 2. The number of nitrogens with one attached hydrogen (secondary N) is 2. The molecule has 1 aromatic heterocycles. The van der Waals surface area contributed by atoms with Gasteiger partial charge < -0.3 is 20.6 Å². The van der Waals surface area contributed by atoms with Gasteiger partial charge in [-0.15, -0.1) is 0 Å². The van der Waals surface area contributed by atoms with Gasteiger partial charge in [0.2, 0.25) is 0 Å². The molecule has 2 aliphatic rings. The van der Waals surface area contributed by atoms with Gasteiger partial charge in [0.25, 0.3) is 5.91 Å². The number of halogens is 1. The number of anilines is 1. The van der Waals surface area contributed by atoms with Crippen LogP contribution >= 0.6 is 11.8 Å². The van der Waals surface area contributed by atoms with Crippen molar-refractivity contribution < 1.29 is 19.1 Å². The van der Waals surface area contributed by atoms with Gasteiger partial charge in [-0.05, 0) is 64.7 Å². The van der Waals surface area contributed by atoms with Crippen LogP contribution in [0.15, 0.2) is 12.3 Å². The van der Waals surface area contributed by atoms with E-state index < -0.39 is 17.4 Å². The number of carboxylic acid groups (broad SMARTS) is 1. The van der Waals surface area contributed by atoms with Crippen LogP contribution in [-0.4, -0.2) is 62.2 Å². The molecule has 1 aromatic rings. The maximum Gasteiger partial charge on any atom is 0.407 e. The molecule has 0 radical (unpaired) electrons. The van der Waals surface area contributed by atoms with Crippen LogP contribution in [-0.2, 0) is 0 Å². The molecule has 0 bridgehead atoms. The Bertz CT molecular complexity index is 772. The molecule has 2 fully saturated rings. The molecule has 1 aliphatic heterocycles. The quantitative estimate of drug-likeness (QED) is 0.644. The lowest BCUT2D eigenvalue weighted by atomic mass is 9.88. The lowest BCUT2D eigenvalue weighted by Gasteiger charge is -2.42. The predicted molar refractivity (Wildman–Crippen MR) is 117 cm³/mol. The average molecular weight is 439 g/mol. The fourth-order valence-corrected chi connectivity index (χ4v) is 5.45. The van der Waals surface area contributed by atoms with Crippen LogP contribution in [0.25, 0.3) is 0 Å². The van der Waals surface area contributed by atoms with Crippen LogP contribution in [0.3, 0.4) is 0 Å². The van der Waals surface area contributed by atoms with Crippen molar-refractivity contribution in [3.63, 3.8) is 0 Å². The smallest absolute Gasteiger partial charge is 0.407 e. The molecule has 30 heavy (non-hydrogen) atoms. The summed E-state index contributed by atoms with van der Waals surface area (Å²) in [5, 5.41) is 15.9. The van der Waals surface area contributed by atoms with Crippen molar-refractivity contribution in [1.82, 2.24) is 15.2 Å². The third-order valence-electron chi connectivity index (χ3n) is 5.70. The summed E-state index contributed by atoms with van der Waals surface area (Å²) in [6.45, 7) is 5.68. The number of hydrogen-bond acceptors (Lipinski definition) is 5. The molecule has 9 heteroatoms. The minimum absolute atomic E-state index is 0.0661. The van der Waals surface area contributed by atoms with Gasteiger partial charge in [-0.3, -0.25) is 4.79 Å². The van der Waals surface area contributed by atoms with E-state index in [4.69, 9.17) is 0 Å². The van der Waals surface area contributed by atoms with Crippen molar-refractivity contribution in [3.05, 3.63) is 23.6 Å². The summed E-state index contributed by atoms with van der Waals surface area (Å²) in [4.78, 5) is 30.2. The van der Waals surface area contributed by atoms with Gasteiger partial charge in [0.15, 0.2) is 0 Å². The van der Waals surface area contributed by atoms with Gasteiger partial charge in [0.1, 0.15) is 11.6 Å². The average Bonchev–Trinajstić information content (AvgIpc) is 3.16. The molecule has 0 spiro atoms. The summed E-state index contributed by atoms with van der Waals surface area (Å²) >= 11 is 1.84. The minimum Gasteiger partial charge on any atom is -0.465 e. The van der Waals surface area contributed by atoms with E-state index in [2.05, 4.69) is 15.6 Å². The Labute approximate surface area is 181 Å². The van der Waals surface area contributed by atoms with Crippen molar-refractivity contribution in [1.29, 1.82) is 0 Å². The highest BCUT2D eigenvalue weighted by Gasteiger charge is 2.36. The van der Waals surface area contributed by atoms with Gasteiger partial charge in [0, 0.05) is 29.4 Å². The molecule has 3 N–H and O–H groups in total. The second kappa shape index (κ2) is 9.41. The van der Waals surface area contributed by atoms with Crippen LogP contribution in [0.4, 0.5) is 15.0 Å². The largest absolute Gasteiger partial charge is 0.465 e. The second-order valence-corrected chi connectivity index (χ2v) is 10.2. The highest BCUT2D eigenvalue weighted by Crippen LogP contribution is 2.29. The predicted octanol–water partition coefficient (Wildman–Crippen LogP) is 3.96.